The molecule has 0 aromatic heterocycles. The van der Waals surface area contributed by atoms with Crippen LogP contribution in [0, 0.1) is 5.41 Å². The maximum absolute atomic E-state index is 12.9. The number of hydrogen-bond acceptors (Lipinski definition) is 4. The van der Waals surface area contributed by atoms with Crippen LogP contribution in [-0.4, -0.2) is 40.0 Å². The van der Waals surface area contributed by atoms with Gasteiger partial charge in [-0.1, -0.05) is 51.1 Å². The second-order valence-electron chi connectivity index (χ2n) is 7.54. The fourth-order valence-electron chi connectivity index (χ4n) is 2.75. The van der Waals surface area contributed by atoms with Gasteiger partial charge in [-0.05, 0) is 30.9 Å². The molecule has 25 heavy (non-hydrogen) atoms. The van der Waals surface area contributed by atoms with Crippen LogP contribution in [0.25, 0.3) is 6.08 Å². The molecule has 0 saturated carbocycles. The van der Waals surface area contributed by atoms with Gasteiger partial charge >= 0.3 is 5.97 Å². The maximum Gasteiger partial charge on any atom is 0.330 e. The van der Waals surface area contributed by atoms with Crippen molar-refractivity contribution in [3.05, 3.63) is 42.0 Å². The Hall–Kier alpha value is -1.75. The van der Waals surface area contributed by atoms with Crippen LogP contribution < -0.4 is 0 Å². The first-order chi connectivity index (χ1) is 11.7. The SMILES string of the molecule is CC(C)OC(=O)C1CSC(C(C)(C)C)N1C(=O)/C=C/c1ccccc1. The van der Waals surface area contributed by atoms with Crippen molar-refractivity contribution in [2.24, 2.45) is 5.41 Å². The van der Waals surface area contributed by atoms with Gasteiger partial charge in [-0.15, -0.1) is 11.8 Å². The summed E-state index contributed by atoms with van der Waals surface area (Å²) in [6.45, 7) is 9.90. The quantitative estimate of drug-likeness (QED) is 0.601. The molecule has 1 aliphatic rings. The lowest BCUT2D eigenvalue weighted by Gasteiger charge is -2.35. The van der Waals surface area contributed by atoms with Gasteiger partial charge in [-0.2, -0.15) is 0 Å². The van der Waals surface area contributed by atoms with E-state index in [-0.39, 0.29) is 28.8 Å². The monoisotopic (exact) mass is 361 g/mol. The van der Waals surface area contributed by atoms with E-state index in [1.807, 2.05) is 44.2 Å². The summed E-state index contributed by atoms with van der Waals surface area (Å²) in [6, 6.07) is 9.13. The van der Waals surface area contributed by atoms with Crippen LogP contribution in [0.4, 0.5) is 0 Å². The summed E-state index contributed by atoms with van der Waals surface area (Å²) in [5.41, 5.74) is 0.824. The lowest BCUT2D eigenvalue weighted by atomic mass is 9.94. The molecule has 2 rings (SSSR count). The molecule has 1 saturated heterocycles. The number of esters is 1. The highest BCUT2D eigenvalue weighted by molar-refractivity contribution is 8.00. The molecule has 136 valence electrons. The first kappa shape index (κ1) is 19.6. The van der Waals surface area contributed by atoms with Crippen molar-refractivity contribution in [3.63, 3.8) is 0 Å². The molecule has 0 radical (unpaired) electrons. The molecule has 0 bridgehead atoms. The summed E-state index contributed by atoms with van der Waals surface area (Å²) in [7, 11) is 0. The molecule has 0 aliphatic carbocycles. The Morgan fingerprint density at radius 2 is 1.88 bits per heavy atom. The molecule has 1 aromatic carbocycles. The van der Waals surface area contributed by atoms with Gasteiger partial charge in [0.25, 0.3) is 0 Å². The summed E-state index contributed by atoms with van der Waals surface area (Å²) in [4.78, 5) is 27.0. The summed E-state index contributed by atoms with van der Waals surface area (Å²) in [5, 5.41) is -0.0647. The van der Waals surface area contributed by atoms with Crippen molar-refractivity contribution in [1.29, 1.82) is 0 Å². The lowest BCUT2D eigenvalue weighted by Crippen LogP contribution is -2.49. The first-order valence-electron chi connectivity index (χ1n) is 8.57. The van der Waals surface area contributed by atoms with E-state index in [2.05, 4.69) is 20.8 Å². The Balaban J connectivity index is 2.23. The Bertz CT molecular complexity index is 634. The third-order valence-corrected chi connectivity index (χ3v) is 5.60. The van der Waals surface area contributed by atoms with Gasteiger partial charge in [0.1, 0.15) is 6.04 Å². The van der Waals surface area contributed by atoms with Gasteiger partial charge in [0.2, 0.25) is 5.91 Å². The Labute approximate surface area is 154 Å². The predicted octanol–water partition coefficient (Wildman–Crippen LogP) is 3.97. The zero-order chi connectivity index (χ0) is 18.6. The average Bonchev–Trinajstić information content (AvgIpc) is 2.98. The minimum atomic E-state index is -0.537. The van der Waals surface area contributed by atoms with E-state index < -0.39 is 6.04 Å². The van der Waals surface area contributed by atoms with Gasteiger partial charge in [-0.3, -0.25) is 4.79 Å². The topological polar surface area (TPSA) is 46.6 Å². The standard InChI is InChI=1S/C20H27NO3S/c1-14(2)24-18(23)16-13-25-19(20(3,4)5)21(16)17(22)12-11-15-9-7-6-8-10-15/h6-12,14,16,19H,13H2,1-5H3/b12-11+. The number of rotatable bonds is 4. The normalized spacial score (nSPS) is 21.1. The zero-order valence-corrected chi connectivity index (χ0v) is 16.4. The summed E-state index contributed by atoms with van der Waals surface area (Å²) in [5.74, 6) is 0.0912. The largest absolute Gasteiger partial charge is 0.461 e. The molecular weight excluding hydrogens is 334 g/mol. The van der Waals surface area contributed by atoms with E-state index in [0.29, 0.717) is 5.75 Å². The van der Waals surface area contributed by atoms with Crippen LogP contribution >= 0.6 is 11.8 Å². The van der Waals surface area contributed by atoms with E-state index in [4.69, 9.17) is 4.74 Å². The maximum atomic E-state index is 12.9. The van der Waals surface area contributed by atoms with Crippen molar-refractivity contribution in [2.45, 2.75) is 52.1 Å². The number of thioether (sulfide) groups is 1. The molecule has 1 aromatic rings. The lowest BCUT2D eigenvalue weighted by molar-refractivity contribution is -0.156. The number of ether oxygens (including phenoxy) is 1. The zero-order valence-electron chi connectivity index (χ0n) is 15.6. The predicted molar refractivity (Wildman–Crippen MR) is 103 cm³/mol. The van der Waals surface area contributed by atoms with E-state index >= 15 is 0 Å². The molecule has 4 nitrogen and oxygen atoms in total. The van der Waals surface area contributed by atoms with Crippen LogP contribution in [0.2, 0.25) is 0 Å². The highest BCUT2D eigenvalue weighted by Crippen LogP contribution is 2.41. The fraction of sp³-hybridized carbons (Fsp3) is 0.500. The Morgan fingerprint density at radius 1 is 1.24 bits per heavy atom. The number of hydrogen-bond donors (Lipinski definition) is 0. The van der Waals surface area contributed by atoms with E-state index in [9.17, 15) is 9.59 Å². The van der Waals surface area contributed by atoms with Crippen LogP contribution in [0.15, 0.2) is 36.4 Å². The minimum absolute atomic E-state index is 0.0647. The molecule has 1 aliphatic heterocycles. The third-order valence-electron chi connectivity index (χ3n) is 3.84. The minimum Gasteiger partial charge on any atom is -0.461 e. The van der Waals surface area contributed by atoms with Crippen molar-refractivity contribution in [2.75, 3.05) is 5.75 Å². The van der Waals surface area contributed by atoms with Crippen LogP contribution in [-0.2, 0) is 14.3 Å². The molecule has 1 amide bonds. The highest BCUT2D eigenvalue weighted by atomic mass is 32.2. The number of nitrogens with zero attached hydrogens (tertiary/aromatic N) is 1. The van der Waals surface area contributed by atoms with Crippen molar-refractivity contribution >= 4 is 29.7 Å². The average molecular weight is 362 g/mol. The smallest absolute Gasteiger partial charge is 0.330 e. The number of benzene rings is 1. The second-order valence-corrected chi connectivity index (χ2v) is 8.66. The van der Waals surface area contributed by atoms with Crippen molar-refractivity contribution in [1.82, 2.24) is 4.90 Å². The molecular formula is C20H27NO3S. The number of carbonyl (C=O) groups is 2. The van der Waals surface area contributed by atoms with E-state index in [0.717, 1.165) is 5.56 Å². The molecule has 5 heteroatoms. The van der Waals surface area contributed by atoms with E-state index in [1.165, 1.54) is 0 Å². The number of amides is 1. The molecule has 0 N–H and O–H groups in total. The summed E-state index contributed by atoms with van der Waals surface area (Å²) < 4.78 is 5.37. The van der Waals surface area contributed by atoms with Gasteiger partial charge in [0, 0.05) is 11.8 Å². The van der Waals surface area contributed by atoms with Gasteiger partial charge < -0.3 is 9.64 Å². The Kier molecular flexibility index (Phi) is 6.33. The van der Waals surface area contributed by atoms with Gasteiger partial charge in [0.05, 0.1) is 11.5 Å². The van der Waals surface area contributed by atoms with Crippen LogP contribution in [0.5, 0.6) is 0 Å². The molecule has 2 unspecified atom stereocenters. The molecule has 0 spiro atoms. The summed E-state index contributed by atoms with van der Waals surface area (Å²) in [6.07, 6.45) is 3.15. The highest BCUT2D eigenvalue weighted by Gasteiger charge is 2.46. The summed E-state index contributed by atoms with van der Waals surface area (Å²) >= 11 is 1.64. The second kappa shape index (κ2) is 8.09. The van der Waals surface area contributed by atoms with Crippen molar-refractivity contribution < 1.29 is 14.3 Å². The van der Waals surface area contributed by atoms with Crippen LogP contribution in [0.1, 0.15) is 40.2 Å². The van der Waals surface area contributed by atoms with Crippen molar-refractivity contribution in [3.8, 4) is 0 Å². The van der Waals surface area contributed by atoms with E-state index in [1.54, 1.807) is 28.8 Å². The Morgan fingerprint density at radius 3 is 2.44 bits per heavy atom. The van der Waals surface area contributed by atoms with Gasteiger partial charge in [0.15, 0.2) is 0 Å². The van der Waals surface area contributed by atoms with Gasteiger partial charge in [-0.25, -0.2) is 4.79 Å². The molecule has 1 heterocycles. The number of carbonyl (C=O) groups excluding carboxylic acids is 2. The molecule has 2 atom stereocenters. The third kappa shape index (κ3) is 5.11. The first-order valence-corrected chi connectivity index (χ1v) is 9.62. The van der Waals surface area contributed by atoms with Crippen LogP contribution in [0.3, 0.4) is 0 Å². The molecule has 1 fully saturated rings. The fourth-order valence-corrected chi connectivity index (χ4v) is 4.33.